The summed E-state index contributed by atoms with van der Waals surface area (Å²) in [5, 5.41) is 3.70. The molecule has 0 fully saturated rings. The van der Waals surface area contributed by atoms with Crippen LogP contribution >= 0.6 is 27.5 Å². The molecule has 0 aliphatic heterocycles. The van der Waals surface area contributed by atoms with Gasteiger partial charge in [0.2, 0.25) is 0 Å². The highest BCUT2D eigenvalue weighted by molar-refractivity contribution is 9.10. The SMILES string of the molecule is CC(C)C(C)Nc1ncnc(Cl)c1Br. The molecule has 0 bridgehead atoms. The number of hydrogen-bond acceptors (Lipinski definition) is 3. The predicted octanol–water partition coefficient (Wildman–Crippen LogP) is 3.35. The standard InChI is InChI=1S/C9H13BrClN3/c1-5(2)6(3)14-9-7(10)8(11)12-4-13-9/h4-6H,1-3H3,(H,12,13,14). The van der Waals surface area contributed by atoms with E-state index >= 15 is 0 Å². The summed E-state index contributed by atoms with van der Waals surface area (Å²) in [6, 6.07) is 0.345. The summed E-state index contributed by atoms with van der Waals surface area (Å²) < 4.78 is 0.717. The van der Waals surface area contributed by atoms with Crippen molar-refractivity contribution in [1.82, 2.24) is 9.97 Å². The number of nitrogens with zero attached hydrogens (tertiary/aromatic N) is 2. The largest absolute Gasteiger partial charge is 0.366 e. The Bertz CT molecular complexity index is 317. The summed E-state index contributed by atoms with van der Waals surface area (Å²) in [6.45, 7) is 6.40. The lowest BCUT2D eigenvalue weighted by molar-refractivity contribution is 0.558. The van der Waals surface area contributed by atoms with Gasteiger partial charge in [0.25, 0.3) is 0 Å². The summed E-state index contributed by atoms with van der Waals surface area (Å²) in [5.41, 5.74) is 0. The molecule has 0 aliphatic rings. The maximum Gasteiger partial charge on any atom is 0.148 e. The fraction of sp³-hybridized carbons (Fsp3) is 0.556. The third-order valence-corrected chi connectivity index (χ3v) is 3.38. The van der Waals surface area contributed by atoms with Crippen molar-refractivity contribution < 1.29 is 0 Å². The lowest BCUT2D eigenvalue weighted by atomic mass is 10.1. The van der Waals surface area contributed by atoms with Crippen LogP contribution in [0.15, 0.2) is 10.8 Å². The molecule has 1 aromatic rings. The maximum atomic E-state index is 5.84. The van der Waals surface area contributed by atoms with Crippen LogP contribution in [-0.2, 0) is 0 Å². The average molecular weight is 279 g/mol. The number of hydrogen-bond donors (Lipinski definition) is 1. The van der Waals surface area contributed by atoms with Crippen molar-refractivity contribution in [3.05, 3.63) is 16.0 Å². The van der Waals surface area contributed by atoms with Gasteiger partial charge in [0, 0.05) is 6.04 Å². The molecule has 0 radical (unpaired) electrons. The molecule has 0 aliphatic carbocycles. The van der Waals surface area contributed by atoms with Gasteiger partial charge in [-0.1, -0.05) is 25.4 Å². The molecule has 1 unspecified atom stereocenters. The van der Waals surface area contributed by atoms with E-state index in [1.54, 1.807) is 0 Å². The molecule has 5 heteroatoms. The van der Waals surface area contributed by atoms with Gasteiger partial charge in [-0.05, 0) is 28.8 Å². The zero-order valence-corrected chi connectivity index (χ0v) is 10.7. The van der Waals surface area contributed by atoms with Crippen LogP contribution in [0, 0.1) is 5.92 Å². The van der Waals surface area contributed by atoms with Crippen molar-refractivity contribution in [2.75, 3.05) is 5.32 Å². The first-order chi connectivity index (χ1) is 6.52. The Morgan fingerprint density at radius 3 is 2.57 bits per heavy atom. The molecule has 1 heterocycles. The molecule has 1 aromatic heterocycles. The van der Waals surface area contributed by atoms with Crippen molar-refractivity contribution in [2.45, 2.75) is 26.8 Å². The van der Waals surface area contributed by atoms with E-state index in [0.717, 1.165) is 5.82 Å². The number of anilines is 1. The molecule has 0 spiro atoms. The minimum Gasteiger partial charge on any atom is -0.366 e. The normalized spacial score (nSPS) is 13.0. The number of rotatable bonds is 3. The Kier molecular flexibility index (Phi) is 4.13. The Morgan fingerprint density at radius 2 is 2.00 bits per heavy atom. The Hall–Kier alpha value is -0.350. The molecule has 0 aromatic carbocycles. The predicted molar refractivity (Wildman–Crippen MR) is 62.7 cm³/mol. The quantitative estimate of drug-likeness (QED) is 0.862. The van der Waals surface area contributed by atoms with Crippen LogP contribution in [0.1, 0.15) is 20.8 Å². The molecule has 1 atom stereocenters. The zero-order valence-electron chi connectivity index (χ0n) is 8.38. The van der Waals surface area contributed by atoms with E-state index in [1.807, 2.05) is 0 Å². The highest BCUT2D eigenvalue weighted by Gasteiger charge is 2.11. The molecular formula is C9H13BrClN3. The van der Waals surface area contributed by atoms with Crippen LogP contribution in [0.4, 0.5) is 5.82 Å². The van der Waals surface area contributed by atoms with E-state index in [0.29, 0.717) is 21.6 Å². The topological polar surface area (TPSA) is 37.8 Å². The Balaban J connectivity index is 2.82. The molecule has 1 N–H and O–H groups in total. The van der Waals surface area contributed by atoms with Crippen molar-refractivity contribution in [2.24, 2.45) is 5.92 Å². The summed E-state index contributed by atoms with van der Waals surface area (Å²) in [6.07, 6.45) is 1.45. The van der Waals surface area contributed by atoms with Crippen LogP contribution in [0.25, 0.3) is 0 Å². The summed E-state index contributed by atoms with van der Waals surface area (Å²) in [7, 11) is 0. The van der Waals surface area contributed by atoms with Crippen molar-refractivity contribution in [3.63, 3.8) is 0 Å². The fourth-order valence-corrected chi connectivity index (χ4v) is 1.28. The number of halogens is 2. The molecule has 3 nitrogen and oxygen atoms in total. The first kappa shape index (κ1) is 11.7. The minimum atomic E-state index is 0.345. The van der Waals surface area contributed by atoms with Gasteiger partial charge in [-0.15, -0.1) is 0 Å². The van der Waals surface area contributed by atoms with E-state index < -0.39 is 0 Å². The fourth-order valence-electron chi connectivity index (χ4n) is 0.831. The molecular weight excluding hydrogens is 265 g/mol. The van der Waals surface area contributed by atoms with Crippen LogP contribution in [-0.4, -0.2) is 16.0 Å². The third-order valence-electron chi connectivity index (χ3n) is 2.11. The van der Waals surface area contributed by atoms with E-state index in [4.69, 9.17) is 11.6 Å². The van der Waals surface area contributed by atoms with Crippen LogP contribution < -0.4 is 5.32 Å². The zero-order chi connectivity index (χ0) is 10.7. The van der Waals surface area contributed by atoms with Gasteiger partial charge in [-0.25, -0.2) is 9.97 Å². The first-order valence-electron chi connectivity index (χ1n) is 4.45. The summed E-state index contributed by atoms with van der Waals surface area (Å²) in [4.78, 5) is 7.97. The second-order valence-electron chi connectivity index (χ2n) is 3.50. The maximum absolute atomic E-state index is 5.84. The molecule has 1 rings (SSSR count). The van der Waals surface area contributed by atoms with Crippen molar-refractivity contribution in [1.29, 1.82) is 0 Å². The third kappa shape index (κ3) is 2.82. The molecule has 0 saturated carbocycles. The van der Waals surface area contributed by atoms with Crippen LogP contribution in [0.3, 0.4) is 0 Å². The molecule has 0 saturated heterocycles. The van der Waals surface area contributed by atoms with Gasteiger partial charge < -0.3 is 5.32 Å². The Labute approximate surface area is 97.4 Å². The number of aromatic nitrogens is 2. The summed E-state index contributed by atoms with van der Waals surface area (Å²) >= 11 is 9.18. The lowest BCUT2D eigenvalue weighted by Crippen LogP contribution is -2.22. The minimum absolute atomic E-state index is 0.345. The van der Waals surface area contributed by atoms with Gasteiger partial charge in [0.05, 0.1) is 4.47 Å². The Morgan fingerprint density at radius 1 is 1.36 bits per heavy atom. The van der Waals surface area contributed by atoms with Gasteiger partial charge in [-0.3, -0.25) is 0 Å². The van der Waals surface area contributed by atoms with Crippen LogP contribution in [0.5, 0.6) is 0 Å². The van der Waals surface area contributed by atoms with Gasteiger partial charge in [0.15, 0.2) is 0 Å². The smallest absolute Gasteiger partial charge is 0.148 e. The highest BCUT2D eigenvalue weighted by Crippen LogP contribution is 2.26. The van der Waals surface area contributed by atoms with E-state index in [2.05, 4.69) is 52.0 Å². The van der Waals surface area contributed by atoms with Crippen LogP contribution in [0.2, 0.25) is 5.15 Å². The van der Waals surface area contributed by atoms with E-state index in [-0.39, 0.29) is 0 Å². The lowest BCUT2D eigenvalue weighted by Gasteiger charge is -2.18. The summed E-state index contributed by atoms with van der Waals surface area (Å²) in [5.74, 6) is 1.28. The second-order valence-corrected chi connectivity index (χ2v) is 4.66. The van der Waals surface area contributed by atoms with Gasteiger partial charge in [-0.2, -0.15) is 0 Å². The molecule has 0 amide bonds. The van der Waals surface area contributed by atoms with Gasteiger partial charge >= 0.3 is 0 Å². The monoisotopic (exact) mass is 277 g/mol. The number of nitrogens with one attached hydrogen (secondary N) is 1. The van der Waals surface area contributed by atoms with E-state index in [1.165, 1.54) is 6.33 Å². The van der Waals surface area contributed by atoms with Crippen molar-refractivity contribution >= 4 is 33.3 Å². The second kappa shape index (κ2) is 4.94. The molecule has 14 heavy (non-hydrogen) atoms. The van der Waals surface area contributed by atoms with E-state index in [9.17, 15) is 0 Å². The highest BCUT2D eigenvalue weighted by atomic mass is 79.9. The average Bonchev–Trinajstić information content (AvgIpc) is 2.12. The molecule has 78 valence electrons. The van der Waals surface area contributed by atoms with Gasteiger partial charge in [0.1, 0.15) is 17.3 Å². The first-order valence-corrected chi connectivity index (χ1v) is 5.62. The van der Waals surface area contributed by atoms with Crippen molar-refractivity contribution in [3.8, 4) is 0 Å².